The molecule has 2 aromatic heterocycles. The number of fused-ring (bicyclic) bond motifs is 1. The molecule has 0 bridgehead atoms. The maximum atomic E-state index is 12.9. The molecule has 27 heavy (non-hydrogen) atoms. The summed E-state index contributed by atoms with van der Waals surface area (Å²) in [7, 11) is 0. The molecule has 4 rings (SSSR count). The zero-order chi connectivity index (χ0) is 18.6. The van der Waals surface area contributed by atoms with Gasteiger partial charge < -0.3 is 0 Å². The predicted octanol–water partition coefficient (Wildman–Crippen LogP) is 4.39. The van der Waals surface area contributed by atoms with Crippen molar-refractivity contribution in [3.63, 3.8) is 0 Å². The van der Waals surface area contributed by atoms with Crippen LogP contribution in [0.5, 0.6) is 0 Å². The molecule has 0 fully saturated rings. The fourth-order valence-electron chi connectivity index (χ4n) is 2.77. The number of anilines is 1. The number of hydrogen-bond donors (Lipinski definition) is 2. The number of amides is 1. The molecular weight excluding hydrogens is 419 g/mol. The fraction of sp³-hybridized carbons (Fsp3) is 0.0500. The second-order valence-electron chi connectivity index (χ2n) is 5.86. The van der Waals surface area contributed by atoms with Crippen molar-refractivity contribution in [1.29, 1.82) is 0 Å². The van der Waals surface area contributed by atoms with Crippen LogP contribution in [0.2, 0.25) is 5.21 Å². The average Bonchev–Trinajstić information content (AvgIpc) is 3.35. The van der Waals surface area contributed by atoms with Gasteiger partial charge in [0.2, 0.25) is 0 Å². The molecule has 7 heteroatoms. The third kappa shape index (κ3) is 3.87. The molecule has 4 aromatic rings. The number of benzene rings is 2. The second kappa shape index (κ2) is 7.90. The normalized spacial score (nSPS) is 12.0. The van der Waals surface area contributed by atoms with E-state index >= 15 is 0 Å². The van der Waals surface area contributed by atoms with Crippen molar-refractivity contribution in [3.05, 3.63) is 72.1 Å². The first-order valence-corrected chi connectivity index (χ1v) is 12.5. The number of thiazole rings is 1. The van der Waals surface area contributed by atoms with Crippen molar-refractivity contribution in [2.75, 3.05) is 5.32 Å². The molecule has 0 saturated heterocycles. The minimum absolute atomic E-state index is 0.0900. The molecule has 0 saturated carbocycles. The van der Waals surface area contributed by atoms with Crippen molar-refractivity contribution in [3.8, 4) is 11.5 Å². The van der Waals surface area contributed by atoms with Crippen LogP contribution in [0.25, 0.3) is 22.6 Å². The number of aromatic amines is 1. The molecule has 1 unspecified atom stereocenters. The van der Waals surface area contributed by atoms with Gasteiger partial charge in [0, 0.05) is 0 Å². The Labute approximate surface area is 165 Å². The molecule has 2 aromatic carbocycles. The first kappa shape index (κ1) is 17.7. The number of aromatic nitrogens is 3. The number of rotatable bonds is 6. The topological polar surface area (TPSA) is 70.7 Å². The van der Waals surface area contributed by atoms with E-state index in [0.717, 1.165) is 37.8 Å². The summed E-state index contributed by atoms with van der Waals surface area (Å²) in [4.78, 5) is 25.0. The minimum atomic E-state index is -1.94. The van der Waals surface area contributed by atoms with E-state index < -0.39 is 14.7 Å². The number of nitrogens with zero attached hydrogens (tertiary/aromatic N) is 2. The van der Waals surface area contributed by atoms with Crippen LogP contribution in [-0.2, 0) is 0 Å². The van der Waals surface area contributed by atoms with Crippen LogP contribution in [-0.4, -0.2) is 34.3 Å². The number of carbonyl (C=O) groups is 1. The van der Waals surface area contributed by atoms with Gasteiger partial charge in [0.15, 0.2) is 0 Å². The molecule has 0 aliphatic carbocycles. The number of imidazole rings is 1. The Morgan fingerprint density at radius 1 is 1.26 bits per heavy atom. The van der Waals surface area contributed by atoms with Crippen molar-refractivity contribution in [2.45, 2.75) is 5.21 Å². The van der Waals surface area contributed by atoms with Crippen molar-refractivity contribution in [2.24, 2.45) is 0 Å². The number of allylic oxidation sites excluding steroid dienone is 1. The molecular formula is C20H17AsN4OS. The molecule has 0 aliphatic rings. The van der Waals surface area contributed by atoms with Gasteiger partial charge in [-0.3, -0.25) is 0 Å². The van der Waals surface area contributed by atoms with E-state index in [2.05, 4.69) is 26.8 Å². The Balaban J connectivity index is 1.58. The Bertz CT molecular complexity index is 1080. The summed E-state index contributed by atoms with van der Waals surface area (Å²) in [5.74, 6) is 0.735. The van der Waals surface area contributed by atoms with Gasteiger partial charge in [-0.05, 0) is 0 Å². The van der Waals surface area contributed by atoms with Crippen molar-refractivity contribution in [1.82, 2.24) is 15.0 Å². The Morgan fingerprint density at radius 3 is 2.85 bits per heavy atom. The summed E-state index contributed by atoms with van der Waals surface area (Å²) in [5.41, 5.74) is 5.09. The zero-order valence-electron chi connectivity index (χ0n) is 14.4. The summed E-state index contributed by atoms with van der Waals surface area (Å²) >= 11 is -0.405. The van der Waals surface area contributed by atoms with Gasteiger partial charge in [-0.2, -0.15) is 0 Å². The van der Waals surface area contributed by atoms with E-state index in [1.54, 1.807) is 5.51 Å². The number of H-pyrrole nitrogens is 1. The third-order valence-corrected chi connectivity index (χ3v) is 9.12. The van der Waals surface area contributed by atoms with Gasteiger partial charge in [0.1, 0.15) is 0 Å². The molecule has 1 amide bonds. The van der Waals surface area contributed by atoms with Gasteiger partial charge in [-0.25, -0.2) is 0 Å². The Kier molecular flexibility index (Phi) is 5.18. The SMILES string of the molecule is C=CC[As](C(=O)Nc1ccc2nc(-c3cscn3)[nH]c2c1)c1ccccc1. The zero-order valence-corrected chi connectivity index (χ0v) is 17.1. The molecule has 2 N–H and O–H groups in total. The first-order valence-electron chi connectivity index (χ1n) is 8.37. The molecule has 0 aliphatic heterocycles. The summed E-state index contributed by atoms with van der Waals surface area (Å²) < 4.78 is 1.21. The number of nitrogens with one attached hydrogen (secondary N) is 2. The van der Waals surface area contributed by atoms with E-state index in [1.165, 1.54) is 11.3 Å². The molecule has 2 heterocycles. The van der Waals surface area contributed by atoms with E-state index in [1.807, 2.05) is 60.0 Å². The van der Waals surface area contributed by atoms with Crippen LogP contribution in [0.1, 0.15) is 0 Å². The average molecular weight is 436 g/mol. The second-order valence-corrected chi connectivity index (χ2v) is 11.1. The molecule has 0 radical (unpaired) electrons. The maximum absolute atomic E-state index is 12.9. The van der Waals surface area contributed by atoms with Gasteiger partial charge in [0.05, 0.1) is 0 Å². The van der Waals surface area contributed by atoms with E-state index in [0.29, 0.717) is 0 Å². The van der Waals surface area contributed by atoms with Crippen LogP contribution in [0, 0.1) is 0 Å². The monoisotopic (exact) mass is 436 g/mol. The van der Waals surface area contributed by atoms with Crippen LogP contribution in [0.3, 0.4) is 0 Å². The summed E-state index contributed by atoms with van der Waals surface area (Å²) in [6.45, 7) is 3.82. The summed E-state index contributed by atoms with van der Waals surface area (Å²) in [5, 5.41) is 5.75. The first-order chi connectivity index (χ1) is 13.2. The van der Waals surface area contributed by atoms with Crippen LogP contribution >= 0.6 is 11.3 Å². The standard InChI is InChI=1S/C20H17AsN4OS/c1-2-10-21(14-6-4-3-5-7-14)20(26)23-15-8-9-16-17(11-15)25-19(24-16)18-12-27-13-22-18/h2-9,11-13H,1,10H2,(H,23,26)(H,24,25). The Morgan fingerprint density at radius 2 is 2.11 bits per heavy atom. The Hall–Kier alpha value is -2.69. The van der Waals surface area contributed by atoms with E-state index in [4.69, 9.17) is 0 Å². The molecule has 134 valence electrons. The van der Waals surface area contributed by atoms with Crippen LogP contribution in [0.4, 0.5) is 10.5 Å². The van der Waals surface area contributed by atoms with Gasteiger partial charge in [-0.1, -0.05) is 0 Å². The fourth-order valence-corrected chi connectivity index (χ4v) is 6.80. The van der Waals surface area contributed by atoms with Gasteiger partial charge >= 0.3 is 166 Å². The van der Waals surface area contributed by atoms with E-state index in [-0.39, 0.29) is 4.69 Å². The number of hydrogen-bond acceptors (Lipinski definition) is 4. The predicted molar refractivity (Wildman–Crippen MR) is 113 cm³/mol. The van der Waals surface area contributed by atoms with Crippen LogP contribution < -0.4 is 9.67 Å². The van der Waals surface area contributed by atoms with Crippen molar-refractivity contribution >= 4 is 51.8 Å². The number of carbonyl (C=O) groups excluding carboxylic acids is 1. The van der Waals surface area contributed by atoms with Crippen molar-refractivity contribution < 1.29 is 4.79 Å². The molecule has 1 atom stereocenters. The molecule has 5 nitrogen and oxygen atoms in total. The van der Waals surface area contributed by atoms with E-state index in [9.17, 15) is 4.79 Å². The quantitative estimate of drug-likeness (QED) is 0.348. The summed E-state index contributed by atoms with van der Waals surface area (Å²) in [6.07, 6.45) is 1.84. The third-order valence-electron chi connectivity index (χ3n) is 4.03. The van der Waals surface area contributed by atoms with Gasteiger partial charge in [0.25, 0.3) is 0 Å². The summed E-state index contributed by atoms with van der Waals surface area (Å²) in [6, 6.07) is 15.7. The van der Waals surface area contributed by atoms with Crippen LogP contribution in [0.15, 0.2) is 72.1 Å². The molecule has 0 spiro atoms. The van der Waals surface area contributed by atoms with Gasteiger partial charge in [-0.15, -0.1) is 0 Å².